The number of carbonyl (C=O) groups is 2. The lowest BCUT2D eigenvalue weighted by molar-refractivity contribution is -0.145. The minimum absolute atomic E-state index is 0.307. The molecule has 18 heavy (non-hydrogen) atoms. The van der Waals surface area contributed by atoms with Gasteiger partial charge in [0.15, 0.2) is 0 Å². The lowest BCUT2D eigenvalue weighted by Crippen LogP contribution is -2.55. The van der Waals surface area contributed by atoms with Crippen LogP contribution in [0.15, 0.2) is 12.4 Å². The Balaban J connectivity index is 2.17. The highest BCUT2D eigenvalue weighted by Crippen LogP contribution is 2.29. The number of aryl methyl sites for hydroxylation is 1. The van der Waals surface area contributed by atoms with Gasteiger partial charge in [-0.3, -0.25) is 4.79 Å². The number of carbonyl (C=O) groups excluding carboxylic acids is 1. The Hall–Kier alpha value is -1.78. The van der Waals surface area contributed by atoms with E-state index in [0.717, 1.165) is 24.8 Å². The van der Waals surface area contributed by atoms with Crippen molar-refractivity contribution in [3.05, 3.63) is 23.5 Å². The number of aromatic nitrogens is 1. The number of aromatic amines is 1. The summed E-state index contributed by atoms with van der Waals surface area (Å²) in [6.45, 7) is 1.82. The molecule has 98 valence electrons. The number of nitrogens with one attached hydrogen (secondary N) is 2. The highest BCUT2D eigenvalue weighted by Gasteiger charge is 2.41. The van der Waals surface area contributed by atoms with Crippen molar-refractivity contribution < 1.29 is 14.7 Å². The third-order valence-electron chi connectivity index (χ3n) is 3.67. The van der Waals surface area contributed by atoms with Crippen molar-refractivity contribution in [2.24, 2.45) is 0 Å². The van der Waals surface area contributed by atoms with Crippen molar-refractivity contribution >= 4 is 11.9 Å². The fraction of sp³-hybridized carbons (Fsp3) is 0.538. The Labute approximate surface area is 106 Å². The lowest BCUT2D eigenvalue weighted by Gasteiger charge is -2.33. The molecule has 0 spiro atoms. The minimum Gasteiger partial charge on any atom is -0.480 e. The third kappa shape index (κ3) is 2.25. The highest BCUT2D eigenvalue weighted by atomic mass is 16.4. The van der Waals surface area contributed by atoms with Crippen LogP contribution in [0.1, 0.15) is 48.0 Å². The lowest BCUT2D eigenvalue weighted by atomic mass is 9.81. The van der Waals surface area contributed by atoms with E-state index in [1.165, 1.54) is 0 Å². The van der Waals surface area contributed by atoms with Gasteiger partial charge in [0, 0.05) is 12.4 Å². The molecule has 1 fully saturated rings. The predicted molar refractivity (Wildman–Crippen MR) is 66.4 cm³/mol. The van der Waals surface area contributed by atoms with Crippen LogP contribution in [-0.4, -0.2) is 27.5 Å². The Kier molecular flexibility index (Phi) is 3.41. The molecular weight excluding hydrogens is 232 g/mol. The van der Waals surface area contributed by atoms with Gasteiger partial charge in [-0.25, -0.2) is 4.79 Å². The molecule has 1 aliphatic rings. The van der Waals surface area contributed by atoms with E-state index < -0.39 is 11.5 Å². The molecule has 0 aliphatic heterocycles. The standard InChI is InChI=1S/C13H18N2O3/c1-9-7-14-8-10(9)11(16)15-13(12(17)18)5-3-2-4-6-13/h7-8,14H,2-6H2,1H3,(H,15,16)(H,17,18). The Bertz CT molecular complexity index is 459. The first-order valence-corrected chi connectivity index (χ1v) is 6.24. The molecule has 0 atom stereocenters. The molecule has 0 unspecified atom stereocenters. The molecule has 0 bridgehead atoms. The van der Waals surface area contributed by atoms with E-state index in [4.69, 9.17) is 0 Å². The monoisotopic (exact) mass is 250 g/mol. The minimum atomic E-state index is -1.08. The van der Waals surface area contributed by atoms with Crippen LogP contribution in [0.3, 0.4) is 0 Å². The predicted octanol–water partition coefficient (Wildman–Crippen LogP) is 1.84. The van der Waals surface area contributed by atoms with Gasteiger partial charge >= 0.3 is 5.97 Å². The fourth-order valence-electron chi connectivity index (χ4n) is 2.52. The molecule has 2 rings (SSSR count). The van der Waals surface area contributed by atoms with Crippen LogP contribution >= 0.6 is 0 Å². The van der Waals surface area contributed by atoms with E-state index in [1.54, 1.807) is 12.4 Å². The van der Waals surface area contributed by atoms with E-state index in [9.17, 15) is 14.7 Å². The third-order valence-corrected chi connectivity index (χ3v) is 3.67. The molecule has 5 nitrogen and oxygen atoms in total. The molecule has 0 aromatic carbocycles. The normalized spacial score (nSPS) is 18.3. The zero-order chi connectivity index (χ0) is 13.2. The van der Waals surface area contributed by atoms with Crippen molar-refractivity contribution in [3.8, 4) is 0 Å². The number of H-pyrrole nitrogens is 1. The van der Waals surface area contributed by atoms with Crippen molar-refractivity contribution in [2.45, 2.75) is 44.6 Å². The number of aliphatic carboxylic acids is 1. The summed E-state index contributed by atoms with van der Waals surface area (Å²) in [6.07, 6.45) is 7.08. The molecule has 0 radical (unpaired) electrons. The van der Waals surface area contributed by atoms with Crippen molar-refractivity contribution in [1.29, 1.82) is 0 Å². The average molecular weight is 250 g/mol. The SMILES string of the molecule is Cc1c[nH]cc1C(=O)NC1(C(=O)O)CCCCC1. The average Bonchev–Trinajstić information content (AvgIpc) is 2.76. The van der Waals surface area contributed by atoms with Crippen molar-refractivity contribution in [3.63, 3.8) is 0 Å². The summed E-state index contributed by atoms with van der Waals surface area (Å²) >= 11 is 0. The Morgan fingerprint density at radius 1 is 1.28 bits per heavy atom. The van der Waals surface area contributed by atoms with Crippen molar-refractivity contribution in [2.75, 3.05) is 0 Å². The van der Waals surface area contributed by atoms with E-state index in [0.29, 0.717) is 18.4 Å². The smallest absolute Gasteiger partial charge is 0.329 e. The van der Waals surface area contributed by atoms with Gasteiger partial charge in [0.2, 0.25) is 0 Å². The van der Waals surface area contributed by atoms with Crippen LogP contribution in [0.2, 0.25) is 0 Å². The zero-order valence-electron chi connectivity index (χ0n) is 10.5. The van der Waals surface area contributed by atoms with Gasteiger partial charge in [-0.2, -0.15) is 0 Å². The molecule has 1 amide bonds. The summed E-state index contributed by atoms with van der Waals surface area (Å²) in [6, 6.07) is 0. The maximum Gasteiger partial charge on any atom is 0.329 e. The van der Waals surface area contributed by atoms with Gasteiger partial charge in [0.25, 0.3) is 5.91 Å². The first kappa shape index (κ1) is 12.7. The summed E-state index contributed by atoms with van der Waals surface area (Å²) in [7, 11) is 0. The number of carboxylic acids is 1. The van der Waals surface area contributed by atoms with Gasteiger partial charge < -0.3 is 15.4 Å². The topological polar surface area (TPSA) is 82.2 Å². The zero-order valence-corrected chi connectivity index (χ0v) is 10.5. The van der Waals surface area contributed by atoms with Crippen LogP contribution < -0.4 is 5.32 Å². The molecular formula is C13H18N2O3. The number of hydrogen-bond donors (Lipinski definition) is 3. The van der Waals surface area contributed by atoms with Gasteiger partial charge in [-0.1, -0.05) is 19.3 Å². The quantitative estimate of drug-likeness (QED) is 0.765. The van der Waals surface area contributed by atoms with E-state index >= 15 is 0 Å². The van der Waals surface area contributed by atoms with Crippen LogP contribution in [0, 0.1) is 6.92 Å². The molecule has 1 aromatic rings. The second kappa shape index (κ2) is 4.84. The molecule has 0 saturated heterocycles. The van der Waals surface area contributed by atoms with Gasteiger partial charge in [0.05, 0.1) is 5.56 Å². The summed E-state index contributed by atoms with van der Waals surface area (Å²) in [5.41, 5.74) is 0.254. The first-order chi connectivity index (χ1) is 8.55. The first-order valence-electron chi connectivity index (χ1n) is 6.24. The Morgan fingerprint density at radius 2 is 1.94 bits per heavy atom. The van der Waals surface area contributed by atoms with Gasteiger partial charge in [-0.15, -0.1) is 0 Å². The largest absolute Gasteiger partial charge is 0.480 e. The van der Waals surface area contributed by atoms with Crippen LogP contribution in [-0.2, 0) is 4.79 Å². The summed E-state index contributed by atoms with van der Waals surface area (Å²) in [4.78, 5) is 26.4. The molecule has 1 aromatic heterocycles. The second-order valence-corrected chi connectivity index (χ2v) is 4.95. The molecule has 5 heteroatoms. The van der Waals surface area contributed by atoms with Crippen LogP contribution in [0.5, 0.6) is 0 Å². The van der Waals surface area contributed by atoms with E-state index in [2.05, 4.69) is 10.3 Å². The number of carboxylic acid groups (broad SMARTS) is 1. The molecule has 1 heterocycles. The van der Waals surface area contributed by atoms with Crippen LogP contribution in [0.4, 0.5) is 0 Å². The second-order valence-electron chi connectivity index (χ2n) is 4.95. The summed E-state index contributed by atoms with van der Waals surface area (Å²) in [5, 5.41) is 12.1. The number of amides is 1. The molecule has 1 aliphatic carbocycles. The number of rotatable bonds is 3. The van der Waals surface area contributed by atoms with Gasteiger partial charge in [-0.05, 0) is 25.3 Å². The number of hydrogen-bond acceptors (Lipinski definition) is 2. The fourth-order valence-corrected chi connectivity index (χ4v) is 2.52. The maximum absolute atomic E-state index is 12.1. The van der Waals surface area contributed by atoms with E-state index in [-0.39, 0.29) is 5.91 Å². The highest BCUT2D eigenvalue weighted by molar-refractivity contribution is 5.98. The maximum atomic E-state index is 12.1. The summed E-state index contributed by atoms with van der Waals surface area (Å²) in [5.74, 6) is -1.23. The van der Waals surface area contributed by atoms with Crippen LogP contribution in [0.25, 0.3) is 0 Å². The van der Waals surface area contributed by atoms with Crippen molar-refractivity contribution in [1.82, 2.24) is 10.3 Å². The molecule has 3 N–H and O–H groups in total. The van der Waals surface area contributed by atoms with E-state index in [1.807, 2.05) is 6.92 Å². The Morgan fingerprint density at radius 3 is 2.44 bits per heavy atom. The van der Waals surface area contributed by atoms with Gasteiger partial charge in [0.1, 0.15) is 5.54 Å². The molecule has 1 saturated carbocycles. The summed E-state index contributed by atoms with van der Waals surface area (Å²) < 4.78 is 0.